The number of nitro benzene ring substituents is 1. The van der Waals surface area contributed by atoms with Crippen LogP contribution in [0.25, 0.3) is 0 Å². The van der Waals surface area contributed by atoms with Crippen LogP contribution >= 0.6 is 11.6 Å². The van der Waals surface area contributed by atoms with E-state index in [4.69, 9.17) is 17.3 Å². The van der Waals surface area contributed by atoms with E-state index in [2.05, 4.69) is 5.32 Å². The van der Waals surface area contributed by atoms with Crippen molar-refractivity contribution in [3.63, 3.8) is 0 Å². The van der Waals surface area contributed by atoms with E-state index in [1.807, 2.05) is 6.92 Å². The number of benzene rings is 1. The van der Waals surface area contributed by atoms with Gasteiger partial charge in [0.2, 0.25) is 0 Å². The van der Waals surface area contributed by atoms with E-state index in [-0.39, 0.29) is 16.8 Å². The Morgan fingerprint density at radius 2 is 2.31 bits per heavy atom. The molecule has 0 saturated carbocycles. The summed E-state index contributed by atoms with van der Waals surface area (Å²) in [6.07, 6.45) is 0. The van der Waals surface area contributed by atoms with Gasteiger partial charge in [0.25, 0.3) is 5.69 Å². The molecule has 0 aromatic heterocycles. The van der Waals surface area contributed by atoms with Crippen molar-refractivity contribution in [2.24, 2.45) is 5.73 Å². The minimum Gasteiger partial charge on any atom is -0.329 e. The van der Waals surface area contributed by atoms with Crippen LogP contribution in [0.5, 0.6) is 0 Å². The van der Waals surface area contributed by atoms with Crippen molar-refractivity contribution in [3.8, 4) is 0 Å². The lowest BCUT2D eigenvalue weighted by atomic mass is 10.2. The molecule has 1 aromatic rings. The number of nitrogens with two attached hydrogens (primary N) is 1. The van der Waals surface area contributed by atoms with Gasteiger partial charge in [0.15, 0.2) is 0 Å². The predicted molar refractivity (Wildman–Crippen MR) is 63.5 cm³/mol. The zero-order valence-electron chi connectivity index (χ0n) is 8.94. The van der Waals surface area contributed by atoms with Gasteiger partial charge in [-0.15, -0.1) is 0 Å². The van der Waals surface area contributed by atoms with Gasteiger partial charge >= 0.3 is 0 Å². The highest BCUT2D eigenvalue weighted by Crippen LogP contribution is 2.27. The van der Waals surface area contributed by atoms with Crippen LogP contribution in [0.4, 0.5) is 5.69 Å². The maximum Gasteiger partial charge on any atom is 0.288 e. The van der Waals surface area contributed by atoms with E-state index < -0.39 is 4.92 Å². The molecule has 1 rings (SSSR count). The number of nitro groups is 1. The molecule has 0 unspecified atom stereocenters. The summed E-state index contributed by atoms with van der Waals surface area (Å²) in [6.45, 7) is 2.91. The van der Waals surface area contributed by atoms with Gasteiger partial charge in [-0.1, -0.05) is 23.7 Å². The third kappa shape index (κ3) is 3.16. The van der Waals surface area contributed by atoms with E-state index in [0.29, 0.717) is 18.7 Å². The third-order valence-electron chi connectivity index (χ3n) is 2.25. The summed E-state index contributed by atoms with van der Waals surface area (Å²) in [5.74, 6) is 0. The van der Waals surface area contributed by atoms with Crippen molar-refractivity contribution >= 4 is 17.3 Å². The maximum absolute atomic E-state index is 10.6. The Bertz CT molecular complexity index is 384. The van der Waals surface area contributed by atoms with Crippen LogP contribution < -0.4 is 11.1 Å². The standard InChI is InChI=1S/C10H14ClN3O2/c1-7(5-12)13-6-8-3-2-4-9(10(8)11)14(15)16/h2-4,7,13H,5-6,12H2,1H3/t7-/m0/s1. The molecule has 0 aliphatic heterocycles. The van der Waals surface area contributed by atoms with E-state index in [1.54, 1.807) is 12.1 Å². The number of rotatable bonds is 5. The van der Waals surface area contributed by atoms with Crippen LogP contribution in [-0.4, -0.2) is 17.5 Å². The monoisotopic (exact) mass is 243 g/mol. The van der Waals surface area contributed by atoms with E-state index in [9.17, 15) is 10.1 Å². The fourth-order valence-corrected chi connectivity index (χ4v) is 1.47. The second-order valence-corrected chi connectivity index (χ2v) is 3.90. The van der Waals surface area contributed by atoms with Crippen molar-refractivity contribution in [2.45, 2.75) is 19.5 Å². The Morgan fingerprint density at radius 1 is 1.62 bits per heavy atom. The Kier molecular flexibility index (Phi) is 4.67. The quantitative estimate of drug-likeness (QED) is 0.609. The molecule has 1 atom stereocenters. The molecule has 16 heavy (non-hydrogen) atoms. The van der Waals surface area contributed by atoms with Crippen LogP contribution in [0.15, 0.2) is 18.2 Å². The van der Waals surface area contributed by atoms with Crippen molar-refractivity contribution < 1.29 is 4.92 Å². The molecule has 0 aliphatic carbocycles. The maximum atomic E-state index is 10.6. The molecular weight excluding hydrogens is 230 g/mol. The van der Waals surface area contributed by atoms with Gasteiger partial charge in [0, 0.05) is 25.2 Å². The molecule has 5 nitrogen and oxygen atoms in total. The zero-order chi connectivity index (χ0) is 12.1. The summed E-state index contributed by atoms with van der Waals surface area (Å²) in [7, 11) is 0. The minimum atomic E-state index is -0.488. The highest BCUT2D eigenvalue weighted by atomic mass is 35.5. The SMILES string of the molecule is C[C@@H](CN)NCc1cccc([N+](=O)[O-])c1Cl. The smallest absolute Gasteiger partial charge is 0.288 e. The molecule has 0 fully saturated rings. The molecule has 0 bridgehead atoms. The van der Waals surface area contributed by atoms with Gasteiger partial charge in [-0.05, 0) is 12.5 Å². The summed E-state index contributed by atoms with van der Waals surface area (Å²) in [5.41, 5.74) is 6.09. The molecule has 0 aliphatic rings. The Hall–Kier alpha value is -1.17. The van der Waals surface area contributed by atoms with Crippen LogP contribution in [0.1, 0.15) is 12.5 Å². The van der Waals surface area contributed by atoms with Crippen molar-refractivity contribution in [3.05, 3.63) is 38.9 Å². The van der Waals surface area contributed by atoms with E-state index >= 15 is 0 Å². The number of hydrogen-bond donors (Lipinski definition) is 2. The summed E-state index contributed by atoms with van der Waals surface area (Å²) in [4.78, 5) is 10.2. The molecule has 0 amide bonds. The fourth-order valence-electron chi connectivity index (χ4n) is 1.21. The first kappa shape index (κ1) is 12.9. The van der Waals surface area contributed by atoms with E-state index in [1.165, 1.54) is 6.07 Å². The minimum absolute atomic E-state index is 0.0682. The first-order chi connectivity index (χ1) is 7.56. The molecule has 0 heterocycles. The van der Waals surface area contributed by atoms with Crippen LogP contribution in [0, 0.1) is 10.1 Å². The molecule has 0 saturated heterocycles. The van der Waals surface area contributed by atoms with Gasteiger partial charge in [-0.3, -0.25) is 10.1 Å². The molecule has 88 valence electrons. The molecule has 1 aromatic carbocycles. The third-order valence-corrected chi connectivity index (χ3v) is 2.69. The fraction of sp³-hybridized carbons (Fsp3) is 0.400. The van der Waals surface area contributed by atoms with Gasteiger partial charge in [0.05, 0.1) is 4.92 Å². The number of nitrogens with one attached hydrogen (secondary N) is 1. The zero-order valence-corrected chi connectivity index (χ0v) is 9.70. The van der Waals surface area contributed by atoms with Crippen molar-refractivity contribution in [2.75, 3.05) is 6.54 Å². The van der Waals surface area contributed by atoms with Gasteiger partial charge in [-0.25, -0.2) is 0 Å². The lowest BCUT2D eigenvalue weighted by Crippen LogP contribution is -2.32. The van der Waals surface area contributed by atoms with Gasteiger partial charge in [0.1, 0.15) is 5.02 Å². The lowest BCUT2D eigenvalue weighted by Gasteiger charge is -2.11. The first-order valence-electron chi connectivity index (χ1n) is 4.91. The largest absolute Gasteiger partial charge is 0.329 e. The molecule has 6 heteroatoms. The average molecular weight is 244 g/mol. The summed E-state index contributed by atoms with van der Waals surface area (Å²) in [5, 5.41) is 14.0. The summed E-state index contributed by atoms with van der Waals surface area (Å²) >= 11 is 5.92. The average Bonchev–Trinajstić information content (AvgIpc) is 2.26. The Balaban J connectivity index is 2.81. The topological polar surface area (TPSA) is 81.2 Å². The molecule has 3 N–H and O–H groups in total. The van der Waals surface area contributed by atoms with E-state index in [0.717, 1.165) is 0 Å². The summed E-state index contributed by atoms with van der Waals surface area (Å²) < 4.78 is 0. The number of halogens is 1. The highest BCUT2D eigenvalue weighted by Gasteiger charge is 2.15. The normalized spacial score (nSPS) is 12.4. The van der Waals surface area contributed by atoms with Crippen LogP contribution in [0.3, 0.4) is 0 Å². The lowest BCUT2D eigenvalue weighted by molar-refractivity contribution is -0.384. The highest BCUT2D eigenvalue weighted by molar-refractivity contribution is 6.33. The van der Waals surface area contributed by atoms with Gasteiger partial charge < -0.3 is 11.1 Å². The molecule has 0 spiro atoms. The van der Waals surface area contributed by atoms with Crippen LogP contribution in [-0.2, 0) is 6.54 Å². The van der Waals surface area contributed by atoms with Gasteiger partial charge in [-0.2, -0.15) is 0 Å². The molecule has 0 radical (unpaired) electrons. The summed E-state index contributed by atoms with van der Waals surface area (Å²) in [6, 6.07) is 4.91. The molecular formula is C10H14ClN3O2. The second kappa shape index (κ2) is 5.79. The van der Waals surface area contributed by atoms with Crippen molar-refractivity contribution in [1.29, 1.82) is 0 Å². The Labute approximate surface area is 98.7 Å². The Morgan fingerprint density at radius 3 is 2.88 bits per heavy atom. The predicted octanol–water partition coefficient (Wildman–Crippen LogP) is 1.69. The number of nitrogens with zero attached hydrogens (tertiary/aromatic N) is 1. The second-order valence-electron chi connectivity index (χ2n) is 3.53. The van der Waals surface area contributed by atoms with Crippen LogP contribution in [0.2, 0.25) is 5.02 Å². The number of hydrogen-bond acceptors (Lipinski definition) is 4. The first-order valence-corrected chi connectivity index (χ1v) is 5.29. The van der Waals surface area contributed by atoms with Crippen molar-refractivity contribution in [1.82, 2.24) is 5.32 Å².